The summed E-state index contributed by atoms with van der Waals surface area (Å²) in [6.45, 7) is -0.280. The number of pyridine rings is 1. The van der Waals surface area contributed by atoms with E-state index >= 15 is 0 Å². The summed E-state index contributed by atoms with van der Waals surface area (Å²) in [7, 11) is 0. The zero-order valence-corrected chi connectivity index (χ0v) is 18.2. The third-order valence-corrected chi connectivity index (χ3v) is 5.60. The molecule has 0 aliphatic carbocycles. The van der Waals surface area contributed by atoms with Crippen LogP contribution in [-0.2, 0) is 4.79 Å². The lowest BCUT2D eigenvalue weighted by Crippen LogP contribution is -2.24. The first-order valence-corrected chi connectivity index (χ1v) is 10.7. The molecule has 0 aliphatic heterocycles. The average molecular weight is 481 g/mol. The highest BCUT2D eigenvalue weighted by atomic mass is 35.5. The molecule has 0 unspecified atom stereocenters. The van der Waals surface area contributed by atoms with Crippen LogP contribution in [0.4, 0.5) is 5.95 Å². The number of anilines is 1. The number of aromatic nitrogens is 7. The van der Waals surface area contributed by atoms with Crippen LogP contribution in [0.3, 0.4) is 0 Å². The van der Waals surface area contributed by atoms with Crippen molar-refractivity contribution >= 4 is 45.8 Å². The third-order valence-electron chi connectivity index (χ3n) is 4.41. The minimum Gasteiger partial charge on any atom is -0.483 e. The van der Waals surface area contributed by atoms with Gasteiger partial charge in [0.15, 0.2) is 12.4 Å². The Bertz CT molecular complexity index is 1550. The van der Waals surface area contributed by atoms with Crippen molar-refractivity contribution < 1.29 is 9.53 Å². The van der Waals surface area contributed by atoms with Gasteiger partial charge in [0.05, 0.1) is 4.53 Å². The van der Waals surface area contributed by atoms with E-state index in [0.717, 1.165) is 5.56 Å². The number of carbonyl (C=O) groups is 1. The van der Waals surface area contributed by atoms with Crippen molar-refractivity contribution in [3.05, 3.63) is 74.5 Å². The predicted molar refractivity (Wildman–Crippen MR) is 121 cm³/mol. The van der Waals surface area contributed by atoms with E-state index in [1.54, 1.807) is 48.8 Å². The Kier molecular flexibility index (Phi) is 5.50. The van der Waals surface area contributed by atoms with Gasteiger partial charge in [-0.15, -0.1) is 5.10 Å². The Morgan fingerprint density at radius 2 is 2.12 bits per heavy atom. The molecule has 0 spiro atoms. The van der Waals surface area contributed by atoms with E-state index in [1.165, 1.54) is 22.2 Å². The third kappa shape index (κ3) is 4.42. The van der Waals surface area contributed by atoms with Crippen molar-refractivity contribution in [2.75, 3.05) is 11.9 Å². The maximum absolute atomic E-state index is 12.9. The number of carbonyl (C=O) groups excluding carboxylic acids is 1. The van der Waals surface area contributed by atoms with E-state index < -0.39 is 5.91 Å². The van der Waals surface area contributed by atoms with Crippen LogP contribution < -0.4 is 20.1 Å². The summed E-state index contributed by atoms with van der Waals surface area (Å²) in [5, 5.41) is 13.5. The molecule has 11 nitrogen and oxygen atoms in total. The van der Waals surface area contributed by atoms with Gasteiger partial charge in [0.2, 0.25) is 10.9 Å². The Morgan fingerprint density at radius 3 is 2.88 bits per heavy atom. The number of rotatable bonds is 6. The molecule has 0 aliphatic rings. The number of benzene rings is 1. The van der Waals surface area contributed by atoms with Crippen LogP contribution in [0.25, 0.3) is 22.4 Å². The fourth-order valence-electron chi connectivity index (χ4n) is 2.94. The molecule has 0 bridgehead atoms. The lowest BCUT2D eigenvalue weighted by Gasteiger charge is -2.09. The summed E-state index contributed by atoms with van der Waals surface area (Å²) >= 11 is 7.33. The smallest absolute Gasteiger partial charge is 0.291 e. The lowest BCUT2D eigenvalue weighted by atomic mass is 10.2. The highest BCUT2D eigenvalue weighted by Gasteiger charge is 2.13. The SMILES string of the molecule is O=C(COc1ccc(Cl)cc1/C=c1\sc2nc(-c3ccncc3)nn2c1=O)Nc1ncn[nH]1. The largest absolute Gasteiger partial charge is 0.483 e. The van der Waals surface area contributed by atoms with E-state index in [0.29, 0.717) is 31.7 Å². The number of nitrogens with one attached hydrogen (secondary N) is 2. The lowest BCUT2D eigenvalue weighted by molar-refractivity contribution is -0.118. The van der Waals surface area contributed by atoms with Gasteiger partial charge < -0.3 is 4.74 Å². The van der Waals surface area contributed by atoms with Crippen molar-refractivity contribution in [1.82, 2.24) is 34.8 Å². The van der Waals surface area contributed by atoms with Gasteiger partial charge in [-0.2, -0.15) is 19.6 Å². The summed E-state index contributed by atoms with van der Waals surface area (Å²) in [6.07, 6.45) is 6.17. The Labute approximate surface area is 193 Å². The summed E-state index contributed by atoms with van der Waals surface area (Å²) < 4.78 is 7.29. The van der Waals surface area contributed by atoms with E-state index in [4.69, 9.17) is 16.3 Å². The van der Waals surface area contributed by atoms with E-state index in [2.05, 4.69) is 35.6 Å². The molecular weight excluding hydrogens is 468 g/mol. The second-order valence-corrected chi connectivity index (χ2v) is 8.08. The Hall–Kier alpha value is -4.16. The number of hydrogen-bond donors (Lipinski definition) is 2. The fraction of sp³-hybridized carbons (Fsp3) is 0.0500. The predicted octanol–water partition coefficient (Wildman–Crippen LogP) is 1.55. The van der Waals surface area contributed by atoms with Crippen LogP contribution in [0, 0.1) is 0 Å². The number of thiazole rings is 1. The molecule has 13 heteroatoms. The zero-order valence-electron chi connectivity index (χ0n) is 16.6. The highest BCUT2D eigenvalue weighted by molar-refractivity contribution is 7.15. The number of aromatic amines is 1. The first-order chi connectivity index (χ1) is 16.1. The molecule has 4 heterocycles. The molecule has 1 amide bonds. The molecule has 5 rings (SSSR count). The molecule has 0 radical (unpaired) electrons. The Morgan fingerprint density at radius 1 is 1.27 bits per heavy atom. The van der Waals surface area contributed by atoms with Crippen LogP contribution in [-0.4, -0.2) is 47.3 Å². The second-order valence-electron chi connectivity index (χ2n) is 6.63. The number of fused-ring (bicyclic) bond motifs is 1. The van der Waals surface area contributed by atoms with Crippen LogP contribution in [0.2, 0.25) is 5.02 Å². The van der Waals surface area contributed by atoms with E-state index in [9.17, 15) is 9.59 Å². The summed E-state index contributed by atoms with van der Waals surface area (Å²) in [4.78, 5) is 37.6. The van der Waals surface area contributed by atoms with Gasteiger partial charge in [-0.05, 0) is 36.4 Å². The minimum atomic E-state index is -0.431. The first kappa shape index (κ1) is 20.7. The van der Waals surface area contributed by atoms with Crippen LogP contribution in [0.15, 0.2) is 53.8 Å². The zero-order chi connectivity index (χ0) is 22.8. The monoisotopic (exact) mass is 480 g/mol. The van der Waals surface area contributed by atoms with Gasteiger partial charge in [0, 0.05) is 28.5 Å². The number of nitrogens with zero attached hydrogens (tertiary/aromatic N) is 6. The molecule has 0 saturated heterocycles. The van der Waals surface area contributed by atoms with Crippen LogP contribution in [0.1, 0.15) is 5.56 Å². The quantitative estimate of drug-likeness (QED) is 0.373. The average Bonchev–Trinajstić information content (AvgIpc) is 3.53. The van der Waals surface area contributed by atoms with Crippen molar-refractivity contribution in [1.29, 1.82) is 0 Å². The topological polar surface area (TPSA) is 140 Å². The minimum absolute atomic E-state index is 0.211. The number of H-pyrrole nitrogens is 1. The van der Waals surface area contributed by atoms with Crippen LogP contribution >= 0.6 is 22.9 Å². The van der Waals surface area contributed by atoms with Gasteiger partial charge in [-0.1, -0.05) is 22.9 Å². The normalized spacial score (nSPS) is 11.7. The van der Waals surface area contributed by atoms with Gasteiger partial charge in [0.25, 0.3) is 11.5 Å². The van der Waals surface area contributed by atoms with E-state index in [1.807, 2.05) is 0 Å². The Balaban J connectivity index is 1.43. The molecule has 2 N–H and O–H groups in total. The highest BCUT2D eigenvalue weighted by Crippen LogP contribution is 2.24. The standard InChI is InChI=1S/C20H13ClN8O3S/c21-13-1-2-14(32-9-16(30)25-19-23-10-24-27-19)12(7-13)8-15-18(31)29-20(33-15)26-17(28-29)11-3-5-22-6-4-11/h1-8,10H,9H2,(H2,23,24,25,27,30)/b15-8-. The maximum atomic E-state index is 12.9. The number of ether oxygens (including phenoxy) is 1. The second kappa shape index (κ2) is 8.76. The molecule has 164 valence electrons. The van der Waals surface area contributed by atoms with E-state index in [-0.39, 0.29) is 18.1 Å². The molecule has 0 atom stereocenters. The molecule has 1 aromatic carbocycles. The molecule has 0 saturated carbocycles. The van der Waals surface area contributed by atoms with Gasteiger partial charge in [-0.3, -0.25) is 19.9 Å². The number of amides is 1. The van der Waals surface area contributed by atoms with Gasteiger partial charge in [-0.25, -0.2) is 5.10 Å². The fourth-order valence-corrected chi connectivity index (χ4v) is 4.02. The van der Waals surface area contributed by atoms with Crippen molar-refractivity contribution in [3.63, 3.8) is 0 Å². The molecule has 0 fully saturated rings. The first-order valence-electron chi connectivity index (χ1n) is 9.46. The van der Waals surface area contributed by atoms with Gasteiger partial charge in [0.1, 0.15) is 12.1 Å². The summed E-state index contributed by atoms with van der Waals surface area (Å²) in [6, 6.07) is 8.43. The van der Waals surface area contributed by atoms with Gasteiger partial charge >= 0.3 is 0 Å². The van der Waals surface area contributed by atoms with Crippen molar-refractivity contribution in [2.24, 2.45) is 0 Å². The maximum Gasteiger partial charge on any atom is 0.291 e. The molecule has 33 heavy (non-hydrogen) atoms. The van der Waals surface area contributed by atoms with Crippen LogP contribution in [0.5, 0.6) is 5.75 Å². The van der Waals surface area contributed by atoms with Crippen molar-refractivity contribution in [2.45, 2.75) is 0 Å². The molecule has 5 aromatic rings. The number of hydrogen-bond acceptors (Lipinski definition) is 9. The summed E-state index contributed by atoms with van der Waals surface area (Å²) in [5.41, 5.74) is 0.975. The van der Waals surface area contributed by atoms with Crippen molar-refractivity contribution in [3.8, 4) is 17.1 Å². The number of halogens is 1. The molecular formula is C20H13ClN8O3S. The summed E-state index contributed by atoms with van der Waals surface area (Å²) in [5.74, 6) is 0.600. The molecule has 4 aromatic heterocycles.